The Balaban J connectivity index is 3.52. The quantitative estimate of drug-likeness (QED) is 0.375. The monoisotopic (exact) mass is 125 g/mol. The molecule has 4 heteroatoms. The molecule has 0 N–H and O–H groups in total. The maximum Gasteiger partial charge on any atom is 0.502 e. The normalized spacial score (nSPS) is 13.0. The van der Waals surface area contributed by atoms with Crippen molar-refractivity contribution in [2.24, 2.45) is 4.99 Å². The van der Waals surface area contributed by atoms with Gasteiger partial charge in [0.25, 0.3) is 0 Å². The molecule has 0 unspecified atom stereocenters. The van der Waals surface area contributed by atoms with Gasteiger partial charge in [-0.15, -0.1) is 13.2 Å². The summed E-state index contributed by atoms with van der Waals surface area (Å²) >= 11 is 0. The zero-order valence-corrected chi connectivity index (χ0v) is 4.37. The molecule has 0 bridgehead atoms. The highest BCUT2D eigenvalue weighted by Gasteiger charge is 2.23. The van der Waals surface area contributed by atoms with Gasteiger partial charge in [-0.3, -0.25) is 0 Å². The molecule has 0 amide bonds. The molecule has 0 radical (unpaired) electrons. The van der Waals surface area contributed by atoms with Crippen LogP contribution in [0.4, 0.5) is 13.2 Å². The van der Waals surface area contributed by atoms with Gasteiger partial charge in [-0.2, -0.15) is 4.99 Å². The van der Waals surface area contributed by atoms with Crippen molar-refractivity contribution in [3.63, 3.8) is 0 Å². The van der Waals surface area contributed by atoms with E-state index >= 15 is 0 Å². The minimum atomic E-state index is -4.38. The average Bonchev–Trinajstić information content (AvgIpc) is 1.59. The maximum absolute atomic E-state index is 11.0. The Morgan fingerprint density at radius 2 is 2.00 bits per heavy atom. The van der Waals surface area contributed by atoms with Crippen LogP contribution in [0.3, 0.4) is 0 Å². The Morgan fingerprint density at radius 3 is 2.12 bits per heavy atom. The third-order valence-corrected chi connectivity index (χ3v) is 0.420. The van der Waals surface area contributed by atoms with Crippen LogP contribution < -0.4 is 0 Å². The van der Waals surface area contributed by atoms with Crippen LogP contribution in [0.15, 0.2) is 4.99 Å². The van der Waals surface area contributed by atoms with E-state index < -0.39 is 6.30 Å². The van der Waals surface area contributed by atoms with Gasteiger partial charge >= 0.3 is 6.30 Å². The van der Waals surface area contributed by atoms with E-state index in [0.717, 1.165) is 6.21 Å². The lowest BCUT2D eigenvalue weighted by atomic mass is 10.5. The summed E-state index contributed by atoms with van der Waals surface area (Å²) < 4.78 is 33.1. The number of rotatable bonds is 1. The molecule has 0 saturated heterocycles. The molecule has 0 rings (SSSR count). The predicted molar refractivity (Wildman–Crippen MR) is 24.8 cm³/mol. The first-order valence-electron chi connectivity index (χ1n) is 2.16. The van der Waals surface area contributed by atoms with Crippen molar-refractivity contribution in [3.05, 3.63) is 0 Å². The minimum Gasteiger partial charge on any atom is -0.197 e. The van der Waals surface area contributed by atoms with Crippen molar-refractivity contribution < 1.29 is 13.2 Å². The first-order chi connectivity index (χ1) is 3.56. The van der Waals surface area contributed by atoms with Crippen molar-refractivity contribution >= 4 is 6.21 Å². The Kier molecular flexibility index (Phi) is 2.51. The smallest absolute Gasteiger partial charge is 0.197 e. The van der Waals surface area contributed by atoms with Crippen molar-refractivity contribution in [2.45, 2.75) is 19.6 Å². The Labute approximate surface area is 45.2 Å². The molecule has 0 spiro atoms. The van der Waals surface area contributed by atoms with Crippen LogP contribution in [0, 0.1) is 0 Å². The number of halogens is 3. The first kappa shape index (κ1) is 7.46. The standard InChI is InChI=1S/C4H6F3N/c1-2-3-8-4(5,6)7/h3H,2H2,1H3. The summed E-state index contributed by atoms with van der Waals surface area (Å²) in [5, 5.41) is 0. The highest BCUT2D eigenvalue weighted by Crippen LogP contribution is 2.14. The fraction of sp³-hybridized carbons (Fsp3) is 0.750. The second-order valence-electron chi connectivity index (χ2n) is 1.19. The van der Waals surface area contributed by atoms with Gasteiger partial charge in [-0.05, 0) is 6.42 Å². The summed E-state index contributed by atoms with van der Waals surface area (Å²) in [4.78, 5) is 2.25. The lowest BCUT2D eigenvalue weighted by molar-refractivity contribution is -0.119. The van der Waals surface area contributed by atoms with E-state index in [4.69, 9.17) is 0 Å². The molecular weight excluding hydrogens is 119 g/mol. The van der Waals surface area contributed by atoms with Gasteiger partial charge in [0.15, 0.2) is 0 Å². The first-order valence-corrected chi connectivity index (χ1v) is 2.16. The van der Waals surface area contributed by atoms with E-state index in [1.807, 2.05) is 0 Å². The van der Waals surface area contributed by atoms with Crippen LogP contribution in [0.2, 0.25) is 0 Å². The fourth-order valence-corrected chi connectivity index (χ4v) is 0.195. The van der Waals surface area contributed by atoms with E-state index in [0.29, 0.717) is 6.42 Å². The summed E-state index contributed by atoms with van der Waals surface area (Å²) in [6, 6.07) is 0. The van der Waals surface area contributed by atoms with E-state index in [9.17, 15) is 13.2 Å². The van der Waals surface area contributed by atoms with Crippen molar-refractivity contribution in [3.8, 4) is 0 Å². The maximum atomic E-state index is 11.0. The summed E-state index contributed by atoms with van der Waals surface area (Å²) in [7, 11) is 0. The molecule has 0 aromatic carbocycles. The van der Waals surface area contributed by atoms with Gasteiger partial charge in [0, 0.05) is 6.21 Å². The lowest BCUT2D eigenvalue weighted by Gasteiger charge is -1.93. The molecule has 0 saturated carbocycles. The van der Waals surface area contributed by atoms with Crippen molar-refractivity contribution in [2.75, 3.05) is 0 Å². The molecule has 0 aromatic rings. The van der Waals surface area contributed by atoms with Gasteiger partial charge in [-0.1, -0.05) is 6.92 Å². The summed E-state index contributed by atoms with van der Waals surface area (Å²) in [5.41, 5.74) is 0. The van der Waals surface area contributed by atoms with Gasteiger partial charge in [0.1, 0.15) is 0 Å². The van der Waals surface area contributed by atoms with Gasteiger partial charge in [-0.25, -0.2) is 0 Å². The number of aliphatic imine (C=N–C) groups is 1. The van der Waals surface area contributed by atoms with Crippen LogP contribution in [0.25, 0.3) is 0 Å². The van der Waals surface area contributed by atoms with E-state index in [1.54, 1.807) is 6.92 Å². The van der Waals surface area contributed by atoms with Crippen LogP contribution >= 0.6 is 0 Å². The Morgan fingerprint density at radius 1 is 1.50 bits per heavy atom. The molecule has 0 fully saturated rings. The largest absolute Gasteiger partial charge is 0.502 e. The van der Waals surface area contributed by atoms with Gasteiger partial charge < -0.3 is 0 Å². The molecule has 0 heterocycles. The van der Waals surface area contributed by atoms with Crippen molar-refractivity contribution in [1.82, 2.24) is 0 Å². The lowest BCUT2D eigenvalue weighted by Crippen LogP contribution is -2.01. The summed E-state index contributed by atoms with van der Waals surface area (Å²) in [6.45, 7) is 1.59. The number of hydrogen-bond acceptors (Lipinski definition) is 1. The number of hydrogen-bond donors (Lipinski definition) is 0. The van der Waals surface area contributed by atoms with Crippen LogP contribution in [-0.4, -0.2) is 12.5 Å². The van der Waals surface area contributed by atoms with Crippen LogP contribution in [-0.2, 0) is 0 Å². The molecular formula is C4H6F3N. The Hall–Kier alpha value is -0.540. The third kappa shape index (κ3) is 5.46. The molecule has 0 aliphatic rings. The second kappa shape index (κ2) is 2.69. The molecule has 0 atom stereocenters. The average molecular weight is 125 g/mol. The zero-order chi connectivity index (χ0) is 6.62. The van der Waals surface area contributed by atoms with Crippen LogP contribution in [0.1, 0.15) is 13.3 Å². The third-order valence-electron chi connectivity index (χ3n) is 0.420. The Bertz CT molecular complexity index is 83.8. The fourth-order valence-electron chi connectivity index (χ4n) is 0.195. The van der Waals surface area contributed by atoms with Gasteiger partial charge in [0.2, 0.25) is 0 Å². The van der Waals surface area contributed by atoms with E-state index in [1.165, 1.54) is 0 Å². The summed E-state index contributed by atoms with van der Waals surface area (Å²) in [6.07, 6.45) is -3.23. The molecule has 8 heavy (non-hydrogen) atoms. The molecule has 0 aliphatic carbocycles. The van der Waals surface area contributed by atoms with E-state index in [2.05, 4.69) is 4.99 Å². The highest BCUT2D eigenvalue weighted by atomic mass is 19.4. The number of nitrogens with zero attached hydrogens (tertiary/aromatic N) is 1. The topological polar surface area (TPSA) is 12.4 Å². The number of alkyl halides is 3. The van der Waals surface area contributed by atoms with E-state index in [-0.39, 0.29) is 0 Å². The molecule has 1 nitrogen and oxygen atoms in total. The second-order valence-corrected chi connectivity index (χ2v) is 1.19. The van der Waals surface area contributed by atoms with Crippen LogP contribution in [0.5, 0.6) is 0 Å². The van der Waals surface area contributed by atoms with Gasteiger partial charge in [0.05, 0.1) is 0 Å². The highest BCUT2D eigenvalue weighted by molar-refractivity contribution is 5.56. The zero-order valence-electron chi connectivity index (χ0n) is 4.37. The summed E-state index contributed by atoms with van der Waals surface area (Å²) in [5.74, 6) is 0. The predicted octanol–water partition coefficient (Wildman–Crippen LogP) is 1.99. The molecule has 48 valence electrons. The van der Waals surface area contributed by atoms with Crippen molar-refractivity contribution in [1.29, 1.82) is 0 Å². The molecule has 0 aromatic heterocycles. The molecule has 0 aliphatic heterocycles. The SMILES string of the molecule is CCC=NC(F)(F)F. The minimum absolute atomic E-state index is 0.319.